The summed E-state index contributed by atoms with van der Waals surface area (Å²) in [5, 5.41) is 9.74. The molecule has 2 heterocycles. The van der Waals surface area contributed by atoms with Crippen molar-refractivity contribution < 1.29 is 0 Å². The van der Waals surface area contributed by atoms with Gasteiger partial charge in [-0.2, -0.15) is 0 Å². The van der Waals surface area contributed by atoms with E-state index in [4.69, 9.17) is 4.98 Å². The monoisotopic (exact) mass is 324 g/mol. The number of rotatable bonds is 5. The molecule has 2 aromatic rings. The van der Waals surface area contributed by atoms with Crippen LogP contribution in [0.2, 0.25) is 0 Å². The normalized spacial score (nSPS) is 20.2. The molecule has 0 amide bonds. The summed E-state index contributed by atoms with van der Waals surface area (Å²) in [6, 6.07) is 9.25. The first-order chi connectivity index (χ1) is 11.7. The molecule has 1 saturated carbocycles. The topological polar surface area (TPSA) is 40.2 Å². The van der Waals surface area contributed by atoms with Crippen molar-refractivity contribution in [3.63, 3.8) is 0 Å². The highest BCUT2D eigenvalue weighted by molar-refractivity contribution is 5.94. The lowest BCUT2D eigenvalue weighted by Crippen LogP contribution is -2.47. The van der Waals surface area contributed by atoms with Gasteiger partial charge in [0.05, 0.1) is 0 Å². The lowest BCUT2D eigenvalue weighted by molar-refractivity contribution is 0.235. The maximum absolute atomic E-state index is 5.00. The Morgan fingerprint density at radius 1 is 1.25 bits per heavy atom. The second kappa shape index (κ2) is 6.69. The minimum atomic E-state index is 0.397. The van der Waals surface area contributed by atoms with Crippen molar-refractivity contribution >= 4 is 16.6 Å². The number of fused-ring (bicyclic) bond motifs is 1. The molecule has 128 valence electrons. The van der Waals surface area contributed by atoms with Gasteiger partial charge in [0.15, 0.2) is 0 Å². The fourth-order valence-electron chi connectivity index (χ4n) is 3.71. The second-order valence-electron chi connectivity index (χ2n) is 7.44. The van der Waals surface area contributed by atoms with Crippen LogP contribution in [-0.4, -0.2) is 48.6 Å². The number of nitrogens with one attached hydrogen (secondary N) is 2. The van der Waals surface area contributed by atoms with Crippen LogP contribution < -0.4 is 10.6 Å². The van der Waals surface area contributed by atoms with E-state index in [1.54, 1.807) is 0 Å². The van der Waals surface area contributed by atoms with E-state index < -0.39 is 0 Å². The molecule has 0 spiro atoms. The van der Waals surface area contributed by atoms with Crippen molar-refractivity contribution in [2.45, 2.75) is 38.6 Å². The summed E-state index contributed by atoms with van der Waals surface area (Å²) in [7, 11) is 0. The molecule has 1 aliphatic heterocycles. The molecule has 1 aromatic heterocycles. The van der Waals surface area contributed by atoms with Crippen LogP contribution in [-0.2, 0) is 0 Å². The molecule has 2 N–H and O–H groups in total. The summed E-state index contributed by atoms with van der Waals surface area (Å²) in [4.78, 5) is 7.53. The van der Waals surface area contributed by atoms with Crippen LogP contribution in [0.4, 0.5) is 5.82 Å². The molecule has 4 heteroatoms. The number of pyridine rings is 1. The first kappa shape index (κ1) is 15.9. The number of aryl methyl sites for hydroxylation is 1. The standard InChI is InChI=1S/C20H28N4/c1-14-4-3-5-17-18(14)12-19(16-6-7-16)23-20(17)22-15(2)13-24-10-8-21-9-11-24/h3-5,12,15-16,21H,6-11,13H2,1-2H3,(H,22,23)/t15-/m0/s1. The number of piperazine rings is 1. The van der Waals surface area contributed by atoms with E-state index in [0.717, 1.165) is 38.5 Å². The predicted octanol–water partition coefficient (Wildman–Crippen LogP) is 3.13. The van der Waals surface area contributed by atoms with Crippen molar-refractivity contribution in [1.82, 2.24) is 15.2 Å². The number of benzene rings is 1. The van der Waals surface area contributed by atoms with Gasteiger partial charge in [-0.1, -0.05) is 18.2 Å². The Bertz CT molecular complexity index is 717. The average molecular weight is 324 g/mol. The van der Waals surface area contributed by atoms with Gasteiger partial charge in [0.2, 0.25) is 0 Å². The molecule has 1 saturated heterocycles. The second-order valence-corrected chi connectivity index (χ2v) is 7.44. The highest BCUT2D eigenvalue weighted by Crippen LogP contribution is 2.41. The van der Waals surface area contributed by atoms with Crippen LogP contribution in [0, 0.1) is 6.92 Å². The summed E-state index contributed by atoms with van der Waals surface area (Å²) in [6.07, 6.45) is 2.58. The van der Waals surface area contributed by atoms with E-state index in [9.17, 15) is 0 Å². The van der Waals surface area contributed by atoms with Gasteiger partial charge in [-0.25, -0.2) is 4.98 Å². The van der Waals surface area contributed by atoms with Crippen LogP contribution >= 0.6 is 0 Å². The average Bonchev–Trinajstić information content (AvgIpc) is 3.41. The highest BCUT2D eigenvalue weighted by Gasteiger charge is 2.26. The third-order valence-electron chi connectivity index (χ3n) is 5.23. The number of anilines is 1. The number of nitrogens with zero attached hydrogens (tertiary/aromatic N) is 2. The predicted molar refractivity (Wildman–Crippen MR) is 101 cm³/mol. The quantitative estimate of drug-likeness (QED) is 0.886. The molecule has 4 rings (SSSR count). The highest BCUT2D eigenvalue weighted by atomic mass is 15.2. The summed E-state index contributed by atoms with van der Waals surface area (Å²) in [6.45, 7) is 10.0. The summed E-state index contributed by atoms with van der Waals surface area (Å²) < 4.78 is 0. The minimum Gasteiger partial charge on any atom is -0.366 e. The van der Waals surface area contributed by atoms with Crippen molar-refractivity contribution in [1.29, 1.82) is 0 Å². The third-order valence-corrected chi connectivity index (χ3v) is 5.23. The van der Waals surface area contributed by atoms with Crippen molar-refractivity contribution in [2.75, 3.05) is 38.0 Å². The van der Waals surface area contributed by atoms with Crippen molar-refractivity contribution in [2.24, 2.45) is 0 Å². The lowest BCUT2D eigenvalue weighted by atomic mass is 10.0. The molecule has 4 nitrogen and oxygen atoms in total. The lowest BCUT2D eigenvalue weighted by Gasteiger charge is -2.30. The van der Waals surface area contributed by atoms with E-state index in [1.807, 2.05) is 0 Å². The van der Waals surface area contributed by atoms with E-state index in [2.05, 4.69) is 53.6 Å². The zero-order valence-electron chi connectivity index (χ0n) is 14.8. The molecule has 24 heavy (non-hydrogen) atoms. The largest absolute Gasteiger partial charge is 0.366 e. The van der Waals surface area contributed by atoms with Gasteiger partial charge in [0.1, 0.15) is 5.82 Å². The summed E-state index contributed by atoms with van der Waals surface area (Å²) in [5.41, 5.74) is 2.61. The van der Waals surface area contributed by atoms with Crippen LogP contribution in [0.3, 0.4) is 0 Å². The maximum atomic E-state index is 5.00. The fourth-order valence-corrected chi connectivity index (χ4v) is 3.71. The Labute approximate surface area is 144 Å². The molecule has 0 bridgehead atoms. The van der Waals surface area contributed by atoms with Crippen LogP contribution in [0.25, 0.3) is 10.8 Å². The van der Waals surface area contributed by atoms with Crippen LogP contribution in [0.1, 0.15) is 36.9 Å². The zero-order chi connectivity index (χ0) is 16.5. The molecule has 1 aliphatic carbocycles. The third kappa shape index (κ3) is 3.40. The van der Waals surface area contributed by atoms with E-state index >= 15 is 0 Å². The van der Waals surface area contributed by atoms with E-state index in [1.165, 1.54) is 34.9 Å². The SMILES string of the molecule is Cc1cccc2c(N[C@@H](C)CN3CCNCC3)nc(C3CC3)cc12. The molecule has 0 radical (unpaired) electrons. The van der Waals surface area contributed by atoms with Crippen molar-refractivity contribution in [3.8, 4) is 0 Å². The smallest absolute Gasteiger partial charge is 0.134 e. The van der Waals surface area contributed by atoms with Crippen LogP contribution in [0.5, 0.6) is 0 Å². The first-order valence-electron chi connectivity index (χ1n) is 9.30. The molecular weight excluding hydrogens is 296 g/mol. The van der Waals surface area contributed by atoms with Gasteiger partial charge < -0.3 is 10.6 Å². The number of hydrogen-bond donors (Lipinski definition) is 2. The summed E-state index contributed by atoms with van der Waals surface area (Å²) >= 11 is 0. The minimum absolute atomic E-state index is 0.397. The Hall–Kier alpha value is -1.65. The molecule has 2 fully saturated rings. The van der Waals surface area contributed by atoms with E-state index in [0.29, 0.717) is 12.0 Å². The Kier molecular flexibility index (Phi) is 4.42. The summed E-state index contributed by atoms with van der Waals surface area (Å²) in [5.74, 6) is 1.75. The molecular formula is C20H28N4. The number of hydrogen-bond acceptors (Lipinski definition) is 4. The van der Waals surface area contributed by atoms with Gasteiger partial charge in [-0.3, -0.25) is 4.90 Å². The van der Waals surface area contributed by atoms with Gasteiger partial charge in [0, 0.05) is 55.8 Å². The van der Waals surface area contributed by atoms with Gasteiger partial charge in [-0.15, -0.1) is 0 Å². The Morgan fingerprint density at radius 3 is 2.79 bits per heavy atom. The van der Waals surface area contributed by atoms with Crippen LogP contribution in [0.15, 0.2) is 24.3 Å². The Morgan fingerprint density at radius 2 is 2.04 bits per heavy atom. The first-order valence-corrected chi connectivity index (χ1v) is 9.30. The fraction of sp³-hybridized carbons (Fsp3) is 0.550. The molecule has 1 atom stereocenters. The van der Waals surface area contributed by atoms with Gasteiger partial charge in [0.25, 0.3) is 0 Å². The van der Waals surface area contributed by atoms with Gasteiger partial charge >= 0.3 is 0 Å². The molecule has 0 unspecified atom stereocenters. The zero-order valence-corrected chi connectivity index (χ0v) is 14.8. The maximum Gasteiger partial charge on any atom is 0.134 e. The Balaban J connectivity index is 1.58. The van der Waals surface area contributed by atoms with Gasteiger partial charge in [-0.05, 0) is 43.7 Å². The number of aromatic nitrogens is 1. The van der Waals surface area contributed by atoms with E-state index in [-0.39, 0.29) is 0 Å². The molecule has 2 aliphatic rings. The van der Waals surface area contributed by atoms with Crippen molar-refractivity contribution in [3.05, 3.63) is 35.5 Å². The molecule has 1 aromatic carbocycles.